The van der Waals surface area contributed by atoms with Gasteiger partial charge < -0.3 is 212 Å². The molecule has 1 saturated heterocycles. The Morgan fingerprint density at radius 3 is 0.653 bits per heavy atom. The van der Waals surface area contributed by atoms with Gasteiger partial charge >= 0.3 is 142 Å². The second-order valence-corrected chi connectivity index (χ2v) is 11.0. The Morgan fingerprint density at radius 1 is 0.289 bits per heavy atom. The summed E-state index contributed by atoms with van der Waals surface area (Å²) < 4.78 is 0. The molecule has 0 spiro atoms. The maximum Gasteiger partial charge on any atom is 1.00 e. The number of carbonyl (C=O) groups is 3. The van der Waals surface area contributed by atoms with E-state index in [1.54, 1.807) is 37.2 Å². The van der Waals surface area contributed by atoms with Crippen molar-refractivity contribution in [2.24, 2.45) is 155 Å². The van der Waals surface area contributed by atoms with Crippen molar-refractivity contribution in [3.05, 3.63) is 197 Å². The van der Waals surface area contributed by atoms with Gasteiger partial charge in [-0.1, -0.05) is 24.3 Å². The number of rotatable bonds is 8. The summed E-state index contributed by atoms with van der Waals surface area (Å²) in [4.78, 5) is 64.9. The quantitative estimate of drug-likeness (QED) is 0.0387. The molecule has 38 nitrogen and oxygen atoms in total. The minimum absolute atomic E-state index is 0. The fourth-order valence-corrected chi connectivity index (χ4v) is 4.75. The Morgan fingerprint density at radius 2 is 0.471 bits per heavy atom. The van der Waals surface area contributed by atoms with Crippen LogP contribution in [-0.4, -0.2) is 265 Å². The van der Waals surface area contributed by atoms with E-state index < -0.39 is 17.8 Å². The molecule has 7 radical (unpaired) electrons. The smallest absolute Gasteiger partial charge is 0.358 e. The van der Waals surface area contributed by atoms with Crippen LogP contribution in [0.3, 0.4) is 0 Å². The fraction of sp³-hybridized carbons (Fsp3) is 0.452. The zero-order chi connectivity index (χ0) is 89.0. The molecule has 757 valence electrons. The number of nitrogens with two attached hydrogens (primary N) is 27. The Balaban J connectivity index is -0.0000000162. The summed E-state index contributed by atoms with van der Waals surface area (Å²) in [7, 11) is 40.5. The molecular formula is C73H199N34O4Ru8Si2. The van der Waals surface area contributed by atoms with Crippen LogP contribution >= 0.6 is 0 Å². The maximum absolute atomic E-state index is 11.8. The van der Waals surface area contributed by atoms with Gasteiger partial charge in [0.15, 0.2) is 0 Å². The Kier molecular flexibility index (Phi) is 767. The van der Waals surface area contributed by atoms with Gasteiger partial charge in [0.1, 0.15) is 0 Å². The molecule has 1 aliphatic heterocycles. The molecular weight excluding hydrogens is 2280 g/mol. The van der Waals surface area contributed by atoms with Gasteiger partial charge in [0, 0.05) is 75.9 Å². The first-order valence-corrected chi connectivity index (χ1v) is 31.6. The van der Waals surface area contributed by atoms with E-state index in [2.05, 4.69) is 185 Å². The molecule has 0 bridgehead atoms. The third-order valence-electron chi connectivity index (χ3n) is 7.23. The molecule has 6 aromatic heterocycles. The first-order chi connectivity index (χ1) is 51.5. The Bertz CT molecular complexity index is 1940. The maximum atomic E-state index is 11.8. The minimum Gasteiger partial charge on any atom is -0.358 e. The van der Waals surface area contributed by atoms with E-state index in [-0.39, 0.29) is 249 Å². The van der Waals surface area contributed by atoms with Crippen molar-refractivity contribution in [1.29, 1.82) is 0 Å². The summed E-state index contributed by atoms with van der Waals surface area (Å²) in [6.07, 6.45) is 12.0. The second-order valence-electron chi connectivity index (χ2n) is 11.0. The fourth-order valence-electron chi connectivity index (χ4n) is 4.75. The summed E-state index contributed by atoms with van der Waals surface area (Å²) in [6.45, 7) is 2.00. The van der Waals surface area contributed by atoms with Crippen LogP contribution in [0.25, 0.3) is 34.2 Å². The molecule has 7 heterocycles. The first-order valence-electron chi connectivity index (χ1n) is 31.6. The van der Waals surface area contributed by atoms with Crippen molar-refractivity contribution in [2.45, 2.75) is 39.0 Å². The molecule has 121 heavy (non-hydrogen) atoms. The monoisotopic (exact) mass is 2490 g/mol. The van der Waals surface area contributed by atoms with Crippen molar-refractivity contribution in [1.82, 2.24) is 35.0 Å². The van der Waals surface area contributed by atoms with Crippen LogP contribution in [0, 0.1) is 58.9 Å². The Labute approximate surface area is 857 Å². The summed E-state index contributed by atoms with van der Waals surface area (Å²) in [5, 5.41) is 0.580. The van der Waals surface area contributed by atoms with Crippen LogP contribution in [0.4, 0.5) is 0 Å². The summed E-state index contributed by atoms with van der Waals surface area (Å²) in [5.74, 6) is -1.51. The number of aryl methyl sites for hydroxylation is 2. The van der Waals surface area contributed by atoms with E-state index in [9.17, 15) is 14.4 Å². The number of pyridine rings is 6. The molecule has 48 heteroatoms. The standard InChI is InChI=1S/C19H19N3O4.2C10H8N2.27CH5N.7CH3.8Ru.2H4Si/c1-13-7-9-20-15(11-13)16-12-14(8-10-21-16)3-2-4-19(25)26-22-17(23)5-6-18(22)24;2*1-3-7-11-9(5-1)10-6-2-4-8-12-10;27*1-2;;;;;;;;;;;;;;;;;/h7-12H,2-6H2,1H3;2*1-8H;27*2H2,1H3;7*1H3;;;;;;;;;2*1H4/q;;;;;;;;;;;;;;;;;;;;;;;;;;;;;;7*-1;;7*+1;;. The minimum atomic E-state index is -0.580. The number of amides is 2. The largest absolute Gasteiger partial charge is 1.00 e. The molecule has 1 fully saturated rings. The van der Waals surface area contributed by atoms with Crippen molar-refractivity contribution in [3.63, 3.8) is 0 Å². The first kappa shape index (κ1) is 265. The topological polar surface area (TPSA) is 844 Å². The molecule has 7 rings (SSSR count). The number of hydroxylamine groups is 2. The zero-order valence-electron chi connectivity index (χ0n) is 79.9. The third-order valence-corrected chi connectivity index (χ3v) is 7.23. The van der Waals surface area contributed by atoms with Crippen molar-refractivity contribution < 1.29 is 175 Å². The van der Waals surface area contributed by atoms with Gasteiger partial charge in [0.25, 0.3) is 11.8 Å². The number of aromatic nitrogens is 6. The van der Waals surface area contributed by atoms with E-state index in [4.69, 9.17) is 4.84 Å². The van der Waals surface area contributed by atoms with E-state index >= 15 is 0 Å². The predicted octanol–water partition coefficient (Wildman–Crippen LogP) is -4.58. The van der Waals surface area contributed by atoms with Crippen LogP contribution in [0.1, 0.15) is 36.8 Å². The third kappa shape index (κ3) is 220. The Hall–Kier alpha value is -2.15. The van der Waals surface area contributed by atoms with Gasteiger partial charge in [-0.2, -0.15) is 0 Å². The molecule has 2 amide bonds. The van der Waals surface area contributed by atoms with Crippen LogP contribution < -0.4 is 155 Å². The van der Waals surface area contributed by atoms with E-state index in [0.717, 1.165) is 45.3 Å². The molecule has 0 aromatic carbocycles. The van der Waals surface area contributed by atoms with Crippen LogP contribution in [0.2, 0.25) is 0 Å². The molecule has 0 saturated carbocycles. The molecule has 0 aliphatic carbocycles. The number of imide groups is 1. The predicted molar refractivity (Wildman–Crippen MR) is 528 cm³/mol. The normalized spacial score (nSPS) is 6.26. The SMILES string of the molecule is CN.CN.CN.CN.CN.CN.CN.CN.CN.CN.CN.CN.CN.CN.CN.CN.CN.CN.CN.CN.CN.CN.CN.CN.CN.CN.CN.Cc1ccnc(-c2cc(CCCC(=O)ON3C(=O)CCC3=O)ccn2)c1.[CH3-].[CH3-].[CH3-].[CH3-].[CH3-].[CH3-].[CH3-].[Ru+].[Ru+].[Ru+].[Ru+].[Ru+].[Ru+].[Ru+].[Ru].[SiH4].[SiH4].c1ccc(-c2ccccn2)nc1.c1ccc(-c2ccccn2)nc1. The summed E-state index contributed by atoms with van der Waals surface area (Å²) >= 11 is 0. The van der Waals surface area contributed by atoms with Crippen LogP contribution in [0.5, 0.6) is 0 Å². The summed E-state index contributed by atoms with van der Waals surface area (Å²) in [6, 6.07) is 30.9. The number of hydrogen-bond acceptors (Lipinski definition) is 37. The van der Waals surface area contributed by atoms with Gasteiger partial charge in [-0.05, 0) is 316 Å². The van der Waals surface area contributed by atoms with Crippen LogP contribution in [0.15, 0.2) is 134 Å². The molecule has 54 N–H and O–H groups in total. The van der Waals surface area contributed by atoms with Crippen LogP contribution in [-0.2, 0) is 181 Å². The summed E-state index contributed by atoms with van der Waals surface area (Å²) in [5.41, 5.74) is 129. The average Bonchev–Trinajstić information content (AvgIpc) is 1.53. The molecule has 1 aliphatic rings. The molecule has 6 aromatic rings. The van der Waals surface area contributed by atoms with Crippen molar-refractivity contribution in [2.75, 3.05) is 190 Å². The zero-order valence-corrected chi connectivity index (χ0v) is 93.8. The average molecular weight is 2480 g/mol. The molecule has 0 unspecified atom stereocenters. The number of nitrogens with zero attached hydrogens (tertiary/aromatic N) is 7. The molecule has 0 atom stereocenters. The van der Waals surface area contributed by atoms with Crippen molar-refractivity contribution >= 4 is 39.7 Å². The van der Waals surface area contributed by atoms with Gasteiger partial charge in [-0.3, -0.25) is 39.5 Å². The van der Waals surface area contributed by atoms with Crippen molar-refractivity contribution in [3.8, 4) is 34.2 Å². The van der Waals surface area contributed by atoms with E-state index in [1.807, 2.05) is 104 Å². The number of carbonyl (C=O) groups excluding carboxylic acids is 3. The van der Waals surface area contributed by atoms with Gasteiger partial charge in [0.05, 0.1) is 34.2 Å². The van der Waals surface area contributed by atoms with Gasteiger partial charge in [-0.25, -0.2) is 4.79 Å². The van der Waals surface area contributed by atoms with Gasteiger partial charge in [-0.15, -0.1) is 5.06 Å². The second kappa shape index (κ2) is 350. The van der Waals surface area contributed by atoms with E-state index in [0.29, 0.717) is 17.9 Å². The number of hydrogen-bond donors (Lipinski definition) is 27. The van der Waals surface area contributed by atoms with E-state index in [1.165, 1.54) is 190 Å². The van der Waals surface area contributed by atoms with Gasteiger partial charge in [0.2, 0.25) is 0 Å².